The first-order valence-corrected chi connectivity index (χ1v) is 8.40. The summed E-state index contributed by atoms with van der Waals surface area (Å²) < 4.78 is 6.05. The van der Waals surface area contributed by atoms with Crippen molar-refractivity contribution in [2.45, 2.75) is 59.8 Å². The molecular weight excluding hydrogens is 282 g/mol. The third kappa shape index (κ3) is 3.28. The van der Waals surface area contributed by atoms with Gasteiger partial charge in [0.25, 0.3) is 0 Å². The first-order chi connectivity index (χ1) is 9.86. The van der Waals surface area contributed by atoms with Gasteiger partial charge < -0.3 is 10.1 Å². The number of hydrogen-bond acceptors (Lipinski definition) is 2. The average molecular weight is 310 g/mol. The van der Waals surface area contributed by atoms with E-state index in [1.54, 1.807) is 0 Å². The van der Waals surface area contributed by atoms with E-state index in [1.165, 1.54) is 16.7 Å². The fourth-order valence-corrected chi connectivity index (χ4v) is 3.92. The standard InChI is InChI=1S/C18H28ClNO/c1-7-20-18(17-12(4)13(5)21-14(17)6)15-8-10(2)11(3)9-16(15)19/h8-9,12-14,17-18,20H,7H2,1-6H3. The fourth-order valence-electron chi connectivity index (χ4n) is 3.58. The van der Waals surface area contributed by atoms with E-state index in [2.05, 4.69) is 59.0 Å². The lowest BCUT2D eigenvalue weighted by molar-refractivity contribution is 0.0476. The molecule has 1 heterocycles. The maximum absolute atomic E-state index is 6.56. The molecule has 2 nitrogen and oxygen atoms in total. The Labute approximate surface area is 134 Å². The van der Waals surface area contributed by atoms with Crippen molar-refractivity contribution in [2.24, 2.45) is 11.8 Å². The summed E-state index contributed by atoms with van der Waals surface area (Å²) in [6.07, 6.45) is 0.549. The predicted octanol–water partition coefficient (Wildman–Crippen LogP) is 4.67. The zero-order valence-corrected chi connectivity index (χ0v) is 14.8. The van der Waals surface area contributed by atoms with Crippen molar-refractivity contribution in [3.05, 3.63) is 33.8 Å². The van der Waals surface area contributed by atoms with E-state index >= 15 is 0 Å². The number of benzene rings is 1. The van der Waals surface area contributed by atoms with Gasteiger partial charge in [-0.3, -0.25) is 0 Å². The molecule has 1 saturated heterocycles. The van der Waals surface area contributed by atoms with Gasteiger partial charge in [-0.2, -0.15) is 0 Å². The van der Waals surface area contributed by atoms with Crippen LogP contribution in [0, 0.1) is 25.7 Å². The maximum Gasteiger partial charge on any atom is 0.0600 e. The molecule has 5 atom stereocenters. The van der Waals surface area contributed by atoms with Gasteiger partial charge in [-0.05, 0) is 62.9 Å². The second kappa shape index (κ2) is 6.68. The van der Waals surface area contributed by atoms with Crippen molar-refractivity contribution in [1.29, 1.82) is 0 Å². The van der Waals surface area contributed by atoms with Crippen LogP contribution in [0.5, 0.6) is 0 Å². The highest BCUT2D eigenvalue weighted by Gasteiger charge is 2.42. The maximum atomic E-state index is 6.56. The van der Waals surface area contributed by atoms with Gasteiger partial charge in [0, 0.05) is 17.0 Å². The lowest BCUT2D eigenvalue weighted by Gasteiger charge is -2.31. The van der Waals surface area contributed by atoms with Crippen LogP contribution in [0.4, 0.5) is 0 Å². The van der Waals surface area contributed by atoms with E-state index in [0.29, 0.717) is 17.9 Å². The largest absolute Gasteiger partial charge is 0.375 e. The number of rotatable bonds is 4. The van der Waals surface area contributed by atoms with Gasteiger partial charge in [-0.15, -0.1) is 0 Å². The van der Waals surface area contributed by atoms with E-state index in [1.807, 2.05) is 0 Å². The molecule has 5 unspecified atom stereocenters. The molecule has 0 aliphatic carbocycles. The monoisotopic (exact) mass is 309 g/mol. The average Bonchev–Trinajstić information content (AvgIpc) is 2.66. The molecule has 1 N–H and O–H groups in total. The van der Waals surface area contributed by atoms with Gasteiger partial charge in [-0.1, -0.05) is 31.5 Å². The number of ether oxygens (including phenoxy) is 1. The van der Waals surface area contributed by atoms with Gasteiger partial charge in [0.1, 0.15) is 0 Å². The minimum absolute atomic E-state index is 0.247. The van der Waals surface area contributed by atoms with Crippen LogP contribution in [-0.2, 0) is 4.74 Å². The van der Waals surface area contributed by atoms with Gasteiger partial charge in [0.05, 0.1) is 12.2 Å². The predicted molar refractivity (Wildman–Crippen MR) is 90.0 cm³/mol. The summed E-state index contributed by atoms with van der Waals surface area (Å²) in [5, 5.41) is 4.51. The Balaban J connectivity index is 2.42. The number of halogens is 1. The van der Waals surface area contributed by atoms with Crippen LogP contribution in [0.25, 0.3) is 0 Å². The Bertz CT molecular complexity index is 502. The van der Waals surface area contributed by atoms with Crippen LogP contribution >= 0.6 is 11.6 Å². The summed E-state index contributed by atoms with van der Waals surface area (Å²) in [4.78, 5) is 0. The van der Waals surface area contributed by atoms with Crippen LogP contribution in [0.1, 0.15) is 50.4 Å². The quantitative estimate of drug-likeness (QED) is 0.873. The third-order valence-electron chi connectivity index (χ3n) is 5.08. The van der Waals surface area contributed by atoms with Gasteiger partial charge in [-0.25, -0.2) is 0 Å². The molecule has 21 heavy (non-hydrogen) atoms. The Hall–Kier alpha value is -0.570. The SMILES string of the molecule is CCNC(c1cc(C)c(C)cc1Cl)C1C(C)OC(C)C1C. The summed E-state index contributed by atoms with van der Waals surface area (Å²) in [5.74, 6) is 0.960. The summed E-state index contributed by atoms with van der Waals surface area (Å²) in [5.41, 5.74) is 3.75. The molecule has 118 valence electrons. The third-order valence-corrected chi connectivity index (χ3v) is 5.40. The Kier molecular flexibility index (Phi) is 5.34. The first-order valence-electron chi connectivity index (χ1n) is 8.02. The first kappa shape index (κ1) is 16.8. The summed E-state index contributed by atoms with van der Waals surface area (Å²) in [7, 11) is 0. The highest BCUT2D eigenvalue weighted by atomic mass is 35.5. The molecule has 0 bridgehead atoms. The molecule has 0 spiro atoms. The van der Waals surface area contributed by atoms with Crippen LogP contribution in [-0.4, -0.2) is 18.8 Å². The number of nitrogens with one attached hydrogen (secondary N) is 1. The Morgan fingerprint density at radius 3 is 2.29 bits per heavy atom. The highest BCUT2D eigenvalue weighted by Crippen LogP contribution is 2.42. The number of aryl methyl sites for hydroxylation is 2. The molecule has 0 saturated carbocycles. The van der Waals surface area contributed by atoms with Crippen molar-refractivity contribution in [1.82, 2.24) is 5.32 Å². The second-order valence-corrected chi connectivity index (χ2v) is 6.88. The van der Waals surface area contributed by atoms with Crippen molar-refractivity contribution < 1.29 is 4.74 Å². The molecule has 1 fully saturated rings. The van der Waals surface area contributed by atoms with E-state index in [-0.39, 0.29) is 12.1 Å². The van der Waals surface area contributed by atoms with Gasteiger partial charge in [0.15, 0.2) is 0 Å². The molecule has 0 aromatic heterocycles. The van der Waals surface area contributed by atoms with E-state index in [9.17, 15) is 0 Å². The minimum atomic E-state index is 0.247. The molecule has 1 aromatic carbocycles. The molecular formula is C18H28ClNO. The van der Waals surface area contributed by atoms with Crippen LogP contribution < -0.4 is 5.32 Å². The molecule has 0 amide bonds. The van der Waals surface area contributed by atoms with Crippen LogP contribution in [0.15, 0.2) is 12.1 Å². The molecule has 1 aliphatic rings. The summed E-state index contributed by atoms with van der Waals surface area (Å²) >= 11 is 6.56. The second-order valence-electron chi connectivity index (χ2n) is 6.48. The zero-order valence-electron chi connectivity index (χ0n) is 14.0. The summed E-state index contributed by atoms with van der Waals surface area (Å²) in [6, 6.07) is 4.58. The highest BCUT2D eigenvalue weighted by molar-refractivity contribution is 6.31. The van der Waals surface area contributed by atoms with E-state index in [0.717, 1.165) is 11.6 Å². The molecule has 3 heteroatoms. The Morgan fingerprint density at radius 2 is 1.76 bits per heavy atom. The van der Waals surface area contributed by atoms with Crippen LogP contribution in [0.3, 0.4) is 0 Å². The van der Waals surface area contributed by atoms with Crippen LogP contribution in [0.2, 0.25) is 5.02 Å². The number of hydrogen-bond donors (Lipinski definition) is 1. The molecule has 0 radical (unpaired) electrons. The Morgan fingerprint density at radius 1 is 1.14 bits per heavy atom. The zero-order chi connectivity index (χ0) is 15.7. The summed E-state index contributed by atoms with van der Waals surface area (Å²) in [6.45, 7) is 14.0. The van der Waals surface area contributed by atoms with Crippen molar-refractivity contribution in [2.75, 3.05) is 6.54 Å². The molecule has 1 aromatic rings. The van der Waals surface area contributed by atoms with Crippen molar-refractivity contribution in [3.63, 3.8) is 0 Å². The lowest BCUT2D eigenvalue weighted by atomic mass is 9.80. The van der Waals surface area contributed by atoms with Crippen molar-refractivity contribution >= 4 is 11.6 Å². The molecule has 1 aliphatic heterocycles. The topological polar surface area (TPSA) is 21.3 Å². The minimum Gasteiger partial charge on any atom is -0.375 e. The molecule has 2 rings (SSSR count). The fraction of sp³-hybridized carbons (Fsp3) is 0.667. The van der Waals surface area contributed by atoms with E-state index in [4.69, 9.17) is 16.3 Å². The smallest absolute Gasteiger partial charge is 0.0600 e. The van der Waals surface area contributed by atoms with Gasteiger partial charge >= 0.3 is 0 Å². The van der Waals surface area contributed by atoms with E-state index < -0.39 is 0 Å². The normalized spacial score (nSPS) is 30.6. The lowest BCUT2D eigenvalue weighted by Crippen LogP contribution is -2.35. The van der Waals surface area contributed by atoms with Gasteiger partial charge in [0.2, 0.25) is 0 Å². The van der Waals surface area contributed by atoms with Crippen molar-refractivity contribution in [3.8, 4) is 0 Å².